The van der Waals surface area contributed by atoms with Gasteiger partial charge in [0.15, 0.2) is 11.5 Å². The number of halogens is 2. The molecule has 1 heterocycles. The quantitative estimate of drug-likeness (QED) is 0.841. The van der Waals surface area contributed by atoms with Crippen molar-refractivity contribution in [3.8, 4) is 11.5 Å². The third-order valence-corrected chi connectivity index (χ3v) is 3.87. The topological polar surface area (TPSA) is 56.5 Å². The van der Waals surface area contributed by atoms with Crippen LogP contribution in [0.4, 0.5) is 0 Å². The van der Waals surface area contributed by atoms with E-state index in [0.29, 0.717) is 29.1 Å². The summed E-state index contributed by atoms with van der Waals surface area (Å²) in [5, 5.41) is 9.80. The normalized spacial score (nSPS) is 10.7. The molecule has 0 aliphatic heterocycles. The van der Waals surface area contributed by atoms with Gasteiger partial charge in [0.2, 0.25) is 0 Å². The molecule has 1 N–H and O–H groups in total. The zero-order valence-corrected chi connectivity index (χ0v) is 14.1. The van der Waals surface area contributed by atoms with Crippen molar-refractivity contribution in [2.24, 2.45) is 7.05 Å². The summed E-state index contributed by atoms with van der Waals surface area (Å²) >= 11 is 9.38. The van der Waals surface area contributed by atoms with E-state index in [2.05, 4.69) is 20.9 Å². The molecule has 0 spiro atoms. The van der Waals surface area contributed by atoms with E-state index in [0.717, 1.165) is 10.0 Å². The number of nitrogens with zero attached hydrogens (tertiary/aromatic N) is 2. The zero-order valence-electron chi connectivity index (χ0n) is 11.8. The van der Waals surface area contributed by atoms with Crippen molar-refractivity contribution >= 4 is 27.5 Å². The van der Waals surface area contributed by atoms with Gasteiger partial charge in [0.25, 0.3) is 0 Å². The Morgan fingerprint density at radius 3 is 2.71 bits per heavy atom. The summed E-state index contributed by atoms with van der Waals surface area (Å²) in [4.78, 5) is 4.18. The van der Waals surface area contributed by atoms with Crippen LogP contribution in [0.15, 0.2) is 22.8 Å². The SMILES string of the molecule is CCOc1cc(CO)cc(Br)c1OCc1ncc(Cl)n1C. The molecular formula is C14H16BrClN2O3. The number of rotatable bonds is 6. The second-order valence-corrected chi connectivity index (χ2v) is 5.58. The lowest BCUT2D eigenvalue weighted by molar-refractivity contribution is 0.255. The standard InChI is InChI=1S/C14H16BrClN2O3/c1-3-20-11-5-9(7-19)4-10(15)14(11)21-8-13-17-6-12(16)18(13)2/h4-6,19H,3,7-8H2,1-2H3. The lowest BCUT2D eigenvalue weighted by Crippen LogP contribution is -2.06. The summed E-state index contributed by atoms with van der Waals surface area (Å²) in [5.41, 5.74) is 0.748. The molecule has 1 aromatic carbocycles. The molecule has 0 fully saturated rings. The van der Waals surface area contributed by atoms with Crippen LogP contribution in [-0.4, -0.2) is 21.3 Å². The monoisotopic (exact) mass is 374 g/mol. The highest BCUT2D eigenvalue weighted by atomic mass is 79.9. The van der Waals surface area contributed by atoms with Gasteiger partial charge < -0.3 is 19.1 Å². The minimum Gasteiger partial charge on any atom is -0.490 e. The van der Waals surface area contributed by atoms with E-state index in [1.54, 1.807) is 22.9 Å². The Kier molecular flexibility index (Phi) is 5.50. The van der Waals surface area contributed by atoms with Gasteiger partial charge in [-0.3, -0.25) is 0 Å². The molecule has 0 bridgehead atoms. The van der Waals surface area contributed by atoms with Gasteiger partial charge in [0, 0.05) is 7.05 Å². The Labute approximate surface area is 136 Å². The van der Waals surface area contributed by atoms with Crippen molar-refractivity contribution in [3.05, 3.63) is 39.3 Å². The van der Waals surface area contributed by atoms with Crippen LogP contribution in [0.5, 0.6) is 11.5 Å². The number of hydrogen-bond acceptors (Lipinski definition) is 4. The first kappa shape index (κ1) is 16.1. The zero-order chi connectivity index (χ0) is 15.4. The molecule has 2 rings (SSSR count). The molecule has 7 heteroatoms. The molecule has 0 amide bonds. The Bertz CT molecular complexity index is 631. The number of ether oxygens (including phenoxy) is 2. The average Bonchev–Trinajstić information content (AvgIpc) is 2.78. The van der Waals surface area contributed by atoms with Crippen LogP contribution < -0.4 is 9.47 Å². The Balaban J connectivity index is 2.24. The van der Waals surface area contributed by atoms with Crippen molar-refractivity contribution in [1.29, 1.82) is 0 Å². The van der Waals surface area contributed by atoms with Crippen LogP contribution in [0.2, 0.25) is 5.15 Å². The summed E-state index contributed by atoms with van der Waals surface area (Å²) in [7, 11) is 1.82. The van der Waals surface area contributed by atoms with Crippen molar-refractivity contribution < 1.29 is 14.6 Å². The largest absolute Gasteiger partial charge is 0.490 e. The van der Waals surface area contributed by atoms with Crippen molar-refractivity contribution in [2.45, 2.75) is 20.1 Å². The van der Waals surface area contributed by atoms with Crippen molar-refractivity contribution in [2.75, 3.05) is 6.61 Å². The molecule has 0 unspecified atom stereocenters. The van der Waals surface area contributed by atoms with Crippen LogP contribution in [0, 0.1) is 0 Å². The fourth-order valence-electron chi connectivity index (χ4n) is 1.81. The van der Waals surface area contributed by atoms with Gasteiger partial charge in [0.1, 0.15) is 17.6 Å². The van der Waals surface area contributed by atoms with Crippen LogP contribution in [0.1, 0.15) is 18.3 Å². The molecule has 21 heavy (non-hydrogen) atoms. The summed E-state index contributed by atoms with van der Waals surface area (Å²) < 4.78 is 13.8. The summed E-state index contributed by atoms with van der Waals surface area (Å²) in [6.45, 7) is 2.60. The Morgan fingerprint density at radius 2 is 2.14 bits per heavy atom. The lowest BCUT2D eigenvalue weighted by atomic mass is 10.2. The summed E-state index contributed by atoms with van der Waals surface area (Å²) in [6.07, 6.45) is 1.58. The maximum absolute atomic E-state index is 9.25. The molecular weight excluding hydrogens is 360 g/mol. The van der Waals surface area contributed by atoms with Crippen molar-refractivity contribution in [1.82, 2.24) is 9.55 Å². The van der Waals surface area contributed by atoms with Gasteiger partial charge in [-0.1, -0.05) is 11.6 Å². The van der Waals surface area contributed by atoms with Gasteiger partial charge in [-0.15, -0.1) is 0 Å². The molecule has 0 saturated carbocycles. The molecule has 0 saturated heterocycles. The Hall–Kier alpha value is -1.24. The molecule has 5 nitrogen and oxygen atoms in total. The minimum absolute atomic E-state index is 0.0616. The first-order valence-corrected chi connectivity index (χ1v) is 7.58. The highest BCUT2D eigenvalue weighted by Crippen LogP contribution is 2.37. The van der Waals surface area contributed by atoms with E-state index >= 15 is 0 Å². The smallest absolute Gasteiger partial charge is 0.176 e. The second-order valence-electron chi connectivity index (χ2n) is 4.34. The number of aromatic nitrogens is 2. The fourth-order valence-corrected chi connectivity index (χ4v) is 2.56. The molecule has 0 aliphatic rings. The molecule has 114 valence electrons. The van der Waals surface area contributed by atoms with E-state index in [1.165, 1.54) is 0 Å². The third kappa shape index (κ3) is 3.70. The lowest BCUT2D eigenvalue weighted by Gasteiger charge is -2.15. The van der Waals surface area contributed by atoms with Crippen molar-refractivity contribution in [3.63, 3.8) is 0 Å². The number of benzene rings is 1. The van der Waals surface area contributed by atoms with E-state index in [9.17, 15) is 5.11 Å². The van der Waals surface area contributed by atoms with Crippen LogP contribution in [0.3, 0.4) is 0 Å². The fraction of sp³-hybridized carbons (Fsp3) is 0.357. The molecule has 0 aliphatic carbocycles. The van der Waals surface area contributed by atoms with E-state index in [1.807, 2.05) is 14.0 Å². The third-order valence-electron chi connectivity index (χ3n) is 2.93. The van der Waals surface area contributed by atoms with E-state index < -0.39 is 0 Å². The molecule has 0 atom stereocenters. The second kappa shape index (κ2) is 7.15. The van der Waals surface area contributed by atoms with Gasteiger partial charge in [-0.2, -0.15) is 0 Å². The predicted octanol–water partition coefficient (Wildman–Crippen LogP) is 3.31. The van der Waals surface area contributed by atoms with Gasteiger partial charge in [0.05, 0.1) is 23.9 Å². The number of aliphatic hydroxyl groups is 1. The molecule has 1 aromatic heterocycles. The van der Waals surface area contributed by atoms with E-state index in [-0.39, 0.29) is 13.2 Å². The van der Waals surface area contributed by atoms with Crippen LogP contribution in [0.25, 0.3) is 0 Å². The number of imidazole rings is 1. The predicted molar refractivity (Wildman–Crippen MR) is 83.8 cm³/mol. The molecule has 0 radical (unpaired) electrons. The average molecular weight is 376 g/mol. The minimum atomic E-state index is -0.0616. The maximum Gasteiger partial charge on any atom is 0.176 e. The van der Waals surface area contributed by atoms with Crippen LogP contribution >= 0.6 is 27.5 Å². The van der Waals surface area contributed by atoms with Crippen LogP contribution in [-0.2, 0) is 20.3 Å². The van der Waals surface area contributed by atoms with E-state index in [4.69, 9.17) is 21.1 Å². The Morgan fingerprint density at radius 1 is 1.38 bits per heavy atom. The summed E-state index contributed by atoms with van der Waals surface area (Å²) in [5.74, 6) is 1.87. The highest BCUT2D eigenvalue weighted by Gasteiger charge is 2.14. The highest BCUT2D eigenvalue weighted by molar-refractivity contribution is 9.10. The number of aliphatic hydroxyl groups excluding tert-OH is 1. The molecule has 2 aromatic rings. The number of hydrogen-bond donors (Lipinski definition) is 1. The first-order valence-electron chi connectivity index (χ1n) is 6.41. The summed E-state index contributed by atoms with van der Waals surface area (Å²) in [6, 6.07) is 3.55. The van der Waals surface area contributed by atoms with Gasteiger partial charge >= 0.3 is 0 Å². The maximum atomic E-state index is 9.25. The van der Waals surface area contributed by atoms with Gasteiger partial charge in [-0.25, -0.2) is 4.98 Å². The first-order chi connectivity index (χ1) is 10.1. The van der Waals surface area contributed by atoms with Gasteiger partial charge in [-0.05, 0) is 40.5 Å².